The summed E-state index contributed by atoms with van der Waals surface area (Å²) in [5.74, 6) is 2.26. The fourth-order valence-corrected chi connectivity index (χ4v) is 3.65. The van der Waals surface area contributed by atoms with Gasteiger partial charge >= 0.3 is 0 Å². The molecule has 0 saturated carbocycles. The molecule has 0 bridgehead atoms. The first-order chi connectivity index (χ1) is 9.34. The van der Waals surface area contributed by atoms with Crippen LogP contribution < -0.4 is 5.32 Å². The summed E-state index contributed by atoms with van der Waals surface area (Å²) in [6, 6.07) is 15.5. The van der Waals surface area contributed by atoms with Crippen LogP contribution in [0.25, 0.3) is 0 Å². The summed E-state index contributed by atoms with van der Waals surface area (Å²) in [5, 5.41) is 3.71. The van der Waals surface area contributed by atoms with Crippen LogP contribution >= 0.6 is 11.8 Å². The first-order valence-electron chi connectivity index (χ1n) is 6.67. The van der Waals surface area contributed by atoms with E-state index in [0.717, 1.165) is 17.2 Å². The van der Waals surface area contributed by atoms with Crippen LogP contribution in [0.1, 0.15) is 35.8 Å². The van der Waals surface area contributed by atoms with Gasteiger partial charge in [0.2, 0.25) is 0 Å². The Kier molecular flexibility index (Phi) is 3.85. The van der Waals surface area contributed by atoms with E-state index in [-0.39, 0.29) is 6.04 Å². The second-order valence-corrected chi connectivity index (χ2v) is 5.94. The molecule has 0 radical (unpaired) electrons. The Labute approximate surface area is 118 Å². The van der Waals surface area contributed by atoms with Crippen molar-refractivity contribution < 1.29 is 0 Å². The lowest BCUT2D eigenvalue weighted by atomic mass is 10.0. The molecule has 0 saturated heterocycles. The summed E-state index contributed by atoms with van der Waals surface area (Å²) in [7, 11) is 0. The predicted octanol–water partition coefficient (Wildman–Crippen LogP) is 3.72. The fraction of sp³-hybridized carbons (Fsp3) is 0.312. The van der Waals surface area contributed by atoms with Gasteiger partial charge < -0.3 is 5.32 Å². The van der Waals surface area contributed by atoms with Gasteiger partial charge in [-0.25, -0.2) is 0 Å². The number of hydrogen-bond donors (Lipinski definition) is 1. The Hall–Kier alpha value is -1.32. The van der Waals surface area contributed by atoms with E-state index >= 15 is 0 Å². The van der Waals surface area contributed by atoms with Gasteiger partial charge in [0.15, 0.2) is 0 Å². The van der Waals surface area contributed by atoms with E-state index < -0.39 is 0 Å². The van der Waals surface area contributed by atoms with E-state index in [2.05, 4.69) is 47.6 Å². The number of benzene rings is 1. The van der Waals surface area contributed by atoms with Crippen molar-refractivity contribution >= 4 is 11.8 Å². The summed E-state index contributed by atoms with van der Waals surface area (Å²) in [6.07, 6.45) is 1.86. The number of hydrogen-bond acceptors (Lipinski definition) is 3. The highest BCUT2D eigenvalue weighted by atomic mass is 32.2. The van der Waals surface area contributed by atoms with Crippen LogP contribution in [-0.4, -0.2) is 10.7 Å². The largest absolute Gasteiger partial charge is 0.301 e. The third-order valence-electron chi connectivity index (χ3n) is 3.56. The molecule has 3 rings (SSSR count). The van der Waals surface area contributed by atoms with Crippen LogP contribution in [0.5, 0.6) is 0 Å². The summed E-state index contributed by atoms with van der Waals surface area (Å²) < 4.78 is 0. The molecule has 2 atom stereocenters. The number of nitrogens with one attached hydrogen (secondary N) is 1. The van der Waals surface area contributed by atoms with Crippen LogP contribution in [0.15, 0.2) is 48.7 Å². The van der Waals surface area contributed by atoms with Crippen molar-refractivity contribution in [3.8, 4) is 0 Å². The molecule has 1 aromatic heterocycles. The lowest BCUT2D eigenvalue weighted by Gasteiger charge is -2.28. The van der Waals surface area contributed by atoms with Crippen molar-refractivity contribution in [3.05, 3.63) is 65.5 Å². The molecule has 19 heavy (non-hydrogen) atoms. The third kappa shape index (κ3) is 2.82. The molecule has 0 amide bonds. The Morgan fingerprint density at radius 2 is 2.05 bits per heavy atom. The van der Waals surface area contributed by atoms with E-state index in [0.29, 0.717) is 6.04 Å². The number of fused-ring (bicyclic) bond motifs is 1. The minimum absolute atomic E-state index is 0.276. The van der Waals surface area contributed by atoms with Crippen LogP contribution in [0, 0.1) is 0 Å². The minimum Gasteiger partial charge on any atom is -0.301 e. The standard InChI is InChI=1S/C16H18N2S/c1-12(15-8-4-5-9-17-15)18-16-11-19-10-13-6-2-3-7-14(13)16/h2-9,12,16,18H,10-11H2,1H3/t12-,16?/m0/s1. The molecule has 0 spiro atoms. The zero-order valence-electron chi connectivity index (χ0n) is 11.0. The molecule has 98 valence electrons. The monoisotopic (exact) mass is 270 g/mol. The van der Waals surface area contributed by atoms with Gasteiger partial charge in [-0.3, -0.25) is 4.98 Å². The van der Waals surface area contributed by atoms with Crippen molar-refractivity contribution in [1.29, 1.82) is 0 Å². The van der Waals surface area contributed by atoms with E-state index in [4.69, 9.17) is 0 Å². The zero-order chi connectivity index (χ0) is 13.1. The minimum atomic E-state index is 0.276. The Morgan fingerprint density at radius 3 is 2.89 bits per heavy atom. The molecule has 1 N–H and O–H groups in total. The quantitative estimate of drug-likeness (QED) is 0.920. The normalized spacial score (nSPS) is 19.7. The number of pyridine rings is 1. The smallest absolute Gasteiger partial charge is 0.0570 e. The zero-order valence-corrected chi connectivity index (χ0v) is 11.9. The van der Waals surface area contributed by atoms with Gasteiger partial charge in [0.05, 0.1) is 5.69 Å². The molecule has 1 aliphatic heterocycles. The Bertz CT molecular complexity index is 541. The van der Waals surface area contributed by atoms with E-state index in [1.165, 1.54) is 11.1 Å². The molecule has 2 aromatic rings. The molecule has 0 aliphatic carbocycles. The topological polar surface area (TPSA) is 24.9 Å². The summed E-state index contributed by atoms with van der Waals surface area (Å²) >= 11 is 2.00. The molecule has 2 heterocycles. The van der Waals surface area contributed by atoms with Crippen LogP contribution in [0.2, 0.25) is 0 Å². The van der Waals surface area contributed by atoms with Crippen LogP contribution in [0.4, 0.5) is 0 Å². The fourth-order valence-electron chi connectivity index (χ4n) is 2.54. The van der Waals surface area contributed by atoms with E-state index in [1.54, 1.807) is 0 Å². The van der Waals surface area contributed by atoms with Gasteiger partial charge in [-0.1, -0.05) is 30.3 Å². The van der Waals surface area contributed by atoms with Gasteiger partial charge in [0, 0.05) is 29.8 Å². The van der Waals surface area contributed by atoms with Crippen LogP contribution in [-0.2, 0) is 5.75 Å². The molecule has 1 aromatic carbocycles. The van der Waals surface area contributed by atoms with Crippen molar-refractivity contribution in [2.75, 3.05) is 5.75 Å². The lowest BCUT2D eigenvalue weighted by molar-refractivity contribution is 0.487. The van der Waals surface area contributed by atoms with Gasteiger partial charge in [0.1, 0.15) is 0 Å². The van der Waals surface area contributed by atoms with E-state index in [1.807, 2.05) is 30.1 Å². The Morgan fingerprint density at radius 1 is 1.21 bits per heavy atom. The highest BCUT2D eigenvalue weighted by Crippen LogP contribution is 2.32. The van der Waals surface area contributed by atoms with Gasteiger partial charge in [-0.15, -0.1) is 0 Å². The first-order valence-corrected chi connectivity index (χ1v) is 7.82. The van der Waals surface area contributed by atoms with Crippen LogP contribution in [0.3, 0.4) is 0 Å². The number of nitrogens with zero attached hydrogens (tertiary/aromatic N) is 1. The number of aromatic nitrogens is 1. The van der Waals surface area contributed by atoms with Crippen molar-refractivity contribution in [1.82, 2.24) is 10.3 Å². The number of rotatable bonds is 3. The highest BCUT2D eigenvalue weighted by Gasteiger charge is 2.22. The maximum Gasteiger partial charge on any atom is 0.0570 e. The molecule has 0 fully saturated rings. The van der Waals surface area contributed by atoms with Crippen molar-refractivity contribution in [2.45, 2.75) is 24.8 Å². The van der Waals surface area contributed by atoms with Gasteiger partial charge in [0.25, 0.3) is 0 Å². The molecular formula is C16H18N2S. The molecule has 1 unspecified atom stereocenters. The SMILES string of the molecule is C[C@H](NC1CSCc2ccccc21)c1ccccn1. The third-order valence-corrected chi connectivity index (χ3v) is 4.64. The molecule has 2 nitrogen and oxygen atoms in total. The predicted molar refractivity (Wildman–Crippen MR) is 81.1 cm³/mol. The maximum atomic E-state index is 4.43. The van der Waals surface area contributed by atoms with Gasteiger partial charge in [-0.2, -0.15) is 11.8 Å². The van der Waals surface area contributed by atoms with E-state index in [9.17, 15) is 0 Å². The maximum absolute atomic E-state index is 4.43. The lowest BCUT2D eigenvalue weighted by Crippen LogP contribution is -2.29. The van der Waals surface area contributed by atoms with Crippen molar-refractivity contribution in [3.63, 3.8) is 0 Å². The molecule has 1 aliphatic rings. The summed E-state index contributed by atoms with van der Waals surface area (Å²) in [4.78, 5) is 4.43. The van der Waals surface area contributed by atoms with Gasteiger partial charge in [-0.05, 0) is 30.2 Å². The average molecular weight is 270 g/mol. The average Bonchev–Trinajstić information content (AvgIpc) is 2.48. The molecule has 3 heteroatoms. The highest BCUT2D eigenvalue weighted by molar-refractivity contribution is 7.98. The molecular weight excluding hydrogens is 252 g/mol. The first kappa shape index (κ1) is 12.7. The second-order valence-electron chi connectivity index (χ2n) is 4.91. The van der Waals surface area contributed by atoms with Crippen molar-refractivity contribution in [2.24, 2.45) is 0 Å². The Balaban J connectivity index is 1.78. The summed E-state index contributed by atoms with van der Waals surface area (Å²) in [5.41, 5.74) is 4.02. The summed E-state index contributed by atoms with van der Waals surface area (Å²) in [6.45, 7) is 2.18. The second kappa shape index (κ2) is 5.76. The number of thioether (sulfide) groups is 1.